The largest absolute Gasteiger partial charge is 0.504 e. The van der Waals surface area contributed by atoms with Gasteiger partial charge in [-0.2, -0.15) is 10.4 Å². The number of phenolic OH excluding ortho intramolecular Hbond substituents is 1. The summed E-state index contributed by atoms with van der Waals surface area (Å²) in [5.74, 6) is -0.319. The van der Waals surface area contributed by atoms with Crippen LogP contribution in [0.5, 0.6) is 11.5 Å². The summed E-state index contributed by atoms with van der Waals surface area (Å²) in [6, 6.07) is 4.96. The summed E-state index contributed by atoms with van der Waals surface area (Å²) >= 11 is 3.24. The van der Waals surface area contributed by atoms with Crippen molar-refractivity contribution in [3.8, 4) is 17.6 Å². The topological polar surface area (TPSA) is 94.7 Å². The number of carbonyl (C=O) groups excluding carboxylic acids is 1. The van der Waals surface area contributed by atoms with E-state index in [2.05, 4.69) is 26.5 Å². The van der Waals surface area contributed by atoms with Gasteiger partial charge in [0, 0.05) is 4.47 Å². The van der Waals surface area contributed by atoms with Gasteiger partial charge in [-0.3, -0.25) is 4.79 Å². The Morgan fingerprint density at radius 3 is 3.06 bits per heavy atom. The van der Waals surface area contributed by atoms with Crippen LogP contribution in [0.2, 0.25) is 0 Å². The number of methoxy groups -OCH3 is 1. The molecule has 0 fully saturated rings. The number of amides is 1. The van der Waals surface area contributed by atoms with Crippen molar-refractivity contribution in [1.82, 2.24) is 5.43 Å². The minimum atomic E-state index is -0.521. The molecule has 0 aliphatic rings. The molecule has 18 heavy (non-hydrogen) atoms. The second kappa shape index (κ2) is 6.61. The van der Waals surface area contributed by atoms with E-state index in [1.54, 1.807) is 18.2 Å². The van der Waals surface area contributed by atoms with Crippen LogP contribution in [0.3, 0.4) is 0 Å². The maximum atomic E-state index is 11.0. The summed E-state index contributed by atoms with van der Waals surface area (Å²) in [5, 5.41) is 21.7. The Kier molecular flexibility index (Phi) is 5.14. The molecule has 0 aliphatic carbocycles. The maximum Gasteiger partial charge on any atom is 0.254 e. The predicted octanol–water partition coefficient (Wildman–Crippen LogP) is 1.53. The summed E-state index contributed by atoms with van der Waals surface area (Å²) in [7, 11) is 1.43. The van der Waals surface area contributed by atoms with Gasteiger partial charge >= 0.3 is 0 Å². The number of phenols is 1. The molecule has 0 aromatic heterocycles. The molecule has 7 heteroatoms. The van der Waals surface area contributed by atoms with Crippen molar-refractivity contribution >= 4 is 28.1 Å². The molecule has 1 amide bonds. The van der Waals surface area contributed by atoms with Crippen molar-refractivity contribution in [3.63, 3.8) is 0 Å². The number of nitriles is 1. The molecule has 1 aromatic rings. The smallest absolute Gasteiger partial charge is 0.254 e. The average Bonchev–Trinajstić information content (AvgIpc) is 2.34. The van der Waals surface area contributed by atoms with Crippen molar-refractivity contribution in [2.45, 2.75) is 6.42 Å². The van der Waals surface area contributed by atoms with Crippen molar-refractivity contribution in [2.75, 3.05) is 7.11 Å². The van der Waals surface area contributed by atoms with Crippen molar-refractivity contribution < 1.29 is 14.6 Å². The highest BCUT2D eigenvalue weighted by Gasteiger charge is 2.09. The fraction of sp³-hybridized carbons (Fsp3) is 0.182. The second-order valence-corrected chi connectivity index (χ2v) is 3.99. The molecule has 1 rings (SSSR count). The third kappa shape index (κ3) is 3.46. The van der Waals surface area contributed by atoms with Crippen LogP contribution in [0, 0.1) is 11.3 Å². The second-order valence-electron chi connectivity index (χ2n) is 3.14. The van der Waals surface area contributed by atoms with Gasteiger partial charge in [-0.25, -0.2) is 5.43 Å². The number of carbonyl (C=O) groups is 1. The van der Waals surface area contributed by atoms with Gasteiger partial charge in [-0.15, -0.1) is 0 Å². The Morgan fingerprint density at radius 2 is 2.44 bits per heavy atom. The number of ether oxygens (including phenoxy) is 1. The van der Waals surface area contributed by atoms with E-state index in [0.29, 0.717) is 15.8 Å². The Balaban J connectivity index is 2.87. The molecule has 0 unspecified atom stereocenters. The zero-order valence-electron chi connectivity index (χ0n) is 9.48. The van der Waals surface area contributed by atoms with Crippen LogP contribution in [-0.2, 0) is 4.79 Å². The molecule has 0 atom stereocenters. The van der Waals surface area contributed by atoms with Crippen LogP contribution in [0.4, 0.5) is 0 Å². The molecule has 0 saturated carbocycles. The van der Waals surface area contributed by atoms with Crippen LogP contribution in [0.15, 0.2) is 21.7 Å². The number of hydrazone groups is 1. The molecule has 0 aliphatic heterocycles. The lowest BCUT2D eigenvalue weighted by Gasteiger charge is -2.07. The van der Waals surface area contributed by atoms with Crippen LogP contribution >= 0.6 is 15.9 Å². The van der Waals surface area contributed by atoms with Gasteiger partial charge in [-0.05, 0) is 28.1 Å². The monoisotopic (exact) mass is 311 g/mol. The summed E-state index contributed by atoms with van der Waals surface area (Å²) in [6.45, 7) is 0. The first-order valence-electron chi connectivity index (χ1n) is 4.84. The third-order valence-electron chi connectivity index (χ3n) is 1.97. The minimum Gasteiger partial charge on any atom is -0.504 e. The van der Waals surface area contributed by atoms with E-state index >= 15 is 0 Å². The van der Waals surface area contributed by atoms with E-state index in [4.69, 9.17) is 10.00 Å². The van der Waals surface area contributed by atoms with Gasteiger partial charge in [0.1, 0.15) is 6.42 Å². The van der Waals surface area contributed by atoms with E-state index in [0.717, 1.165) is 0 Å². The lowest BCUT2D eigenvalue weighted by atomic mass is 10.2. The van der Waals surface area contributed by atoms with Crippen LogP contribution < -0.4 is 10.2 Å². The molecule has 0 spiro atoms. The average molecular weight is 312 g/mol. The number of aromatic hydroxyl groups is 1. The van der Waals surface area contributed by atoms with Gasteiger partial charge in [-0.1, -0.05) is 0 Å². The first kappa shape index (κ1) is 14.0. The lowest BCUT2D eigenvalue weighted by Crippen LogP contribution is -2.16. The van der Waals surface area contributed by atoms with E-state index in [1.807, 2.05) is 0 Å². The molecule has 0 heterocycles. The van der Waals surface area contributed by atoms with E-state index in [9.17, 15) is 9.90 Å². The fourth-order valence-corrected chi connectivity index (χ4v) is 1.55. The molecule has 2 N–H and O–H groups in total. The maximum absolute atomic E-state index is 11.0. The number of nitrogens with zero attached hydrogens (tertiary/aromatic N) is 2. The van der Waals surface area contributed by atoms with Crippen LogP contribution in [-0.4, -0.2) is 24.3 Å². The van der Waals surface area contributed by atoms with Crippen LogP contribution in [0.1, 0.15) is 12.0 Å². The number of hydrogen-bond acceptors (Lipinski definition) is 5. The predicted molar refractivity (Wildman–Crippen MR) is 68.3 cm³/mol. The SMILES string of the molecule is COc1ccc(Br)c(/C=N/NC(=O)CC#N)c1O. The fourth-order valence-electron chi connectivity index (χ4n) is 1.13. The van der Waals surface area contributed by atoms with Gasteiger partial charge in [0.25, 0.3) is 5.91 Å². The van der Waals surface area contributed by atoms with Crippen LogP contribution in [0.25, 0.3) is 0 Å². The number of nitrogens with one attached hydrogen (secondary N) is 1. The molecule has 0 bridgehead atoms. The van der Waals surface area contributed by atoms with Crippen molar-refractivity contribution in [1.29, 1.82) is 5.26 Å². The zero-order valence-corrected chi connectivity index (χ0v) is 11.1. The third-order valence-corrected chi connectivity index (χ3v) is 2.66. The summed E-state index contributed by atoms with van der Waals surface area (Å²) in [6.07, 6.45) is 0.986. The van der Waals surface area contributed by atoms with E-state index in [1.165, 1.54) is 13.3 Å². The summed E-state index contributed by atoms with van der Waals surface area (Å²) in [5.41, 5.74) is 2.53. The Morgan fingerprint density at radius 1 is 1.72 bits per heavy atom. The van der Waals surface area contributed by atoms with Crippen molar-refractivity contribution in [3.05, 3.63) is 22.2 Å². The molecule has 94 valence electrons. The Bertz CT molecular complexity index is 523. The van der Waals surface area contributed by atoms with E-state index in [-0.39, 0.29) is 12.2 Å². The Hall–Kier alpha value is -2.07. The molecular formula is C11H10BrN3O3. The first-order valence-corrected chi connectivity index (χ1v) is 5.63. The highest BCUT2D eigenvalue weighted by Crippen LogP contribution is 2.33. The molecule has 0 saturated heterocycles. The zero-order chi connectivity index (χ0) is 13.5. The summed E-state index contributed by atoms with van der Waals surface area (Å²) in [4.78, 5) is 11.0. The number of hydrogen-bond donors (Lipinski definition) is 2. The van der Waals surface area contributed by atoms with Gasteiger partial charge < -0.3 is 9.84 Å². The number of benzene rings is 1. The molecule has 6 nitrogen and oxygen atoms in total. The molecule has 0 radical (unpaired) electrons. The lowest BCUT2D eigenvalue weighted by molar-refractivity contribution is -0.120. The number of halogens is 1. The molecule has 1 aromatic carbocycles. The normalized spacial score (nSPS) is 10.1. The first-order chi connectivity index (χ1) is 8.60. The van der Waals surface area contributed by atoms with Gasteiger partial charge in [0.2, 0.25) is 0 Å². The van der Waals surface area contributed by atoms with Crippen molar-refractivity contribution in [2.24, 2.45) is 5.10 Å². The Labute approximate surface area is 112 Å². The van der Waals surface area contributed by atoms with E-state index < -0.39 is 5.91 Å². The number of rotatable bonds is 4. The summed E-state index contributed by atoms with van der Waals surface area (Å²) < 4.78 is 5.54. The quantitative estimate of drug-likeness (QED) is 0.651. The highest BCUT2D eigenvalue weighted by atomic mass is 79.9. The highest BCUT2D eigenvalue weighted by molar-refractivity contribution is 9.10. The molecular weight excluding hydrogens is 302 g/mol. The van der Waals surface area contributed by atoms with Gasteiger partial charge in [0.05, 0.1) is 25.0 Å². The van der Waals surface area contributed by atoms with Gasteiger partial charge in [0.15, 0.2) is 11.5 Å². The standard InChI is InChI=1S/C11H10BrN3O3/c1-18-9-3-2-8(12)7(11(9)17)6-14-15-10(16)4-5-13/h2-3,6,17H,4H2,1H3,(H,15,16)/b14-6+. The minimum absolute atomic E-state index is 0.0924.